The van der Waals surface area contributed by atoms with Crippen LogP contribution in [0.4, 0.5) is 5.69 Å². The predicted molar refractivity (Wildman–Crippen MR) is 123 cm³/mol. The summed E-state index contributed by atoms with van der Waals surface area (Å²) < 4.78 is 27.2. The van der Waals surface area contributed by atoms with Crippen molar-refractivity contribution in [3.8, 4) is 0 Å². The van der Waals surface area contributed by atoms with Crippen LogP contribution in [0.2, 0.25) is 0 Å². The van der Waals surface area contributed by atoms with Gasteiger partial charge in [-0.1, -0.05) is 18.2 Å². The van der Waals surface area contributed by atoms with Crippen molar-refractivity contribution in [2.75, 3.05) is 43.0 Å². The lowest BCUT2D eigenvalue weighted by Crippen LogP contribution is -2.41. The number of rotatable bonds is 6. The van der Waals surface area contributed by atoms with Crippen LogP contribution in [-0.4, -0.2) is 61.2 Å². The van der Waals surface area contributed by atoms with Gasteiger partial charge in [-0.15, -0.1) is 11.3 Å². The highest BCUT2D eigenvalue weighted by atomic mass is 32.2. The van der Waals surface area contributed by atoms with Gasteiger partial charge in [0, 0.05) is 55.8 Å². The highest BCUT2D eigenvalue weighted by Crippen LogP contribution is 2.27. The number of sulfonamides is 1. The summed E-state index contributed by atoms with van der Waals surface area (Å²) in [4.78, 5) is 15.2. The summed E-state index contributed by atoms with van der Waals surface area (Å²) in [6.07, 6.45) is 1.09. The van der Waals surface area contributed by atoms with Crippen molar-refractivity contribution in [3.05, 3.63) is 47.3 Å². The average molecular weight is 466 g/mol. The molecule has 2 fully saturated rings. The van der Waals surface area contributed by atoms with Crippen LogP contribution in [0.5, 0.6) is 0 Å². The minimum absolute atomic E-state index is 0.0188. The van der Waals surface area contributed by atoms with Crippen LogP contribution in [0, 0.1) is 5.92 Å². The van der Waals surface area contributed by atoms with Gasteiger partial charge in [-0.3, -0.25) is 9.69 Å². The van der Waals surface area contributed by atoms with Gasteiger partial charge >= 0.3 is 0 Å². The third-order valence-electron chi connectivity index (χ3n) is 5.62. The maximum absolute atomic E-state index is 12.8. The summed E-state index contributed by atoms with van der Waals surface area (Å²) in [6.45, 7) is 3.88. The number of thiophene rings is 1. The van der Waals surface area contributed by atoms with E-state index in [0.717, 1.165) is 25.3 Å². The first kappa shape index (κ1) is 21.8. The third kappa shape index (κ3) is 5.26. The molecule has 1 aromatic heterocycles. The molecule has 1 N–H and O–H groups in total. The molecule has 3 heterocycles. The van der Waals surface area contributed by atoms with Crippen molar-refractivity contribution >= 4 is 44.7 Å². The number of hydrogen-bond acceptors (Lipinski definition) is 6. The second-order valence-electron chi connectivity index (χ2n) is 7.69. The normalized spacial score (nSPS) is 19.6. The van der Waals surface area contributed by atoms with E-state index >= 15 is 0 Å². The Kier molecular flexibility index (Phi) is 7.15. The van der Waals surface area contributed by atoms with Crippen LogP contribution in [-0.2, 0) is 21.4 Å². The van der Waals surface area contributed by atoms with Crippen LogP contribution in [0.15, 0.2) is 46.0 Å². The molecular formula is C21H27N3O3S3. The number of carbonyl (C=O) groups is 1. The molecule has 0 atom stereocenters. The number of piperidine rings is 1. The fourth-order valence-corrected chi connectivity index (χ4v) is 7.50. The van der Waals surface area contributed by atoms with Gasteiger partial charge in [-0.05, 0) is 42.0 Å². The van der Waals surface area contributed by atoms with Crippen molar-refractivity contribution in [3.63, 3.8) is 0 Å². The molecule has 2 aliphatic rings. The minimum atomic E-state index is -3.43. The standard InChI is InChI=1S/C21H27N3O3S3/c25-21(18-6-8-24(9-7-18)30(26,27)20-5-2-12-29-20)22-19-4-1-3-17(15-19)16-23-10-13-28-14-11-23/h1-5,12,15,18H,6-11,13-14,16H2,(H,22,25). The van der Waals surface area contributed by atoms with E-state index in [1.165, 1.54) is 32.7 Å². The molecule has 1 amide bonds. The van der Waals surface area contributed by atoms with Gasteiger partial charge in [0.05, 0.1) is 0 Å². The topological polar surface area (TPSA) is 69.7 Å². The SMILES string of the molecule is O=C(Nc1cccc(CN2CCSCC2)c1)C1CCN(S(=O)(=O)c2cccs2)CC1. The Balaban J connectivity index is 1.31. The smallest absolute Gasteiger partial charge is 0.252 e. The lowest BCUT2D eigenvalue weighted by Gasteiger charge is -2.30. The summed E-state index contributed by atoms with van der Waals surface area (Å²) in [5, 5.41) is 4.81. The van der Waals surface area contributed by atoms with Gasteiger partial charge in [-0.2, -0.15) is 16.1 Å². The lowest BCUT2D eigenvalue weighted by atomic mass is 9.97. The summed E-state index contributed by atoms with van der Waals surface area (Å²) in [5.74, 6) is 2.17. The van der Waals surface area contributed by atoms with Gasteiger partial charge in [0.25, 0.3) is 10.0 Å². The van der Waals surface area contributed by atoms with E-state index in [0.29, 0.717) is 30.1 Å². The predicted octanol–water partition coefficient (Wildman–Crippen LogP) is 3.34. The maximum Gasteiger partial charge on any atom is 0.252 e. The third-order valence-corrected chi connectivity index (χ3v) is 9.83. The first-order valence-corrected chi connectivity index (χ1v) is 13.7. The zero-order valence-electron chi connectivity index (χ0n) is 16.8. The molecule has 162 valence electrons. The Labute approximate surface area is 186 Å². The molecule has 6 nitrogen and oxygen atoms in total. The fraction of sp³-hybridized carbons (Fsp3) is 0.476. The Morgan fingerprint density at radius 3 is 2.53 bits per heavy atom. The molecule has 2 aromatic rings. The van der Waals surface area contributed by atoms with Crippen molar-refractivity contribution in [1.29, 1.82) is 0 Å². The van der Waals surface area contributed by atoms with Crippen molar-refractivity contribution in [1.82, 2.24) is 9.21 Å². The van der Waals surface area contributed by atoms with Gasteiger partial charge in [0.15, 0.2) is 0 Å². The summed E-state index contributed by atoms with van der Waals surface area (Å²) >= 11 is 3.23. The van der Waals surface area contributed by atoms with Gasteiger partial charge in [-0.25, -0.2) is 8.42 Å². The first-order chi connectivity index (χ1) is 14.5. The largest absolute Gasteiger partial charge is 0.326 e. The van der Waals surface area contributed by atoms with Crippen LogP contribution < -0.4 is 5.32 Å². The molecule has 0 aliphatic carbocycles. The number of nitrogens with zero attached hydrogens (tertiary/aromatic N) is 2. The Hall–Kier alpha value is -1.39. The molecule has 0 spiro atoms. The van der Waals surface area contributed by atoms with Crippen molar-refractivity contribution < 1.29 is 13.2 Å². The number of thioether (sulfide) groups is 1. The molecule has 0 saturated carbocycles. The molecule has 2 saturated heterocycles. The maximum atomic E-state index is 12.8. The molecular weight excluding hydrogens is 438 g/mol. The monoisotopic (exact) mass is 465 g/mol. The van der Waals surface area contributed by atoms with Gasteiger partial charge < -0.3 is 5.32 Å². The molecule has 4 rings (SSSR count). The van der Waals surface area contributed by atoms with E-state index in [2.05, 4.69) is 22.3 Å². The van der Waals surface area contributed by atoms with Crippen LogP contribution in [0.25, 0.3) is 0 Å². The van der Waals surface area contributed by atoms with Gasteiger partial charge in [0.2, 0.25) is 5.91 Å². The Morgan fingerprint density at radius 2 is 1.83 bits per heavy atom. The molecule has 0 bridgehead atoms. The number of anilines is 1. The van der Waals surface area contributed by atoms with Crippen LogP contribution in [0.3, 0.4) is 0 Å². The van der Waals surface area contributed by atoms with E-state index in [1.54, 1.807) is 17.5 Å². The van der Waals surface area contributed by atoms with Crippen LogP contribution in [0.1, 0.15) is 18.4 Å². The second-order valence-corrected chi connectivity index (χ2v) is 12.0. The molecule has 2 aliphatic heterocycles. The van der Waals surface area contributed by atoms with Crippen LogP contribution >= 0.6 is 23.1 Å². The zero-order chi connectivity index (χ0) is 21.0. The summed E-state index contributed by atoms with van der Waals surface area (Å²) in [6, 6.07) is 11.4. The Bertz CT molecular complexity index is 949. The number of benzene rings is 1. The molecule has 9 heteroatoms. The highest BCUT2D eigenvalue weighted by molar-refractivity contribution is 7.99. The van der Waals surface area contributed by atoms with Crippen molar-refractivity contribution in [2.45, 2.75) is 23.6 Å². The number of amides is 1. The van der Waals surface area contributed by atoms with E-state index in [1.807, 2.05) is 23.9 Å². The quantitative estimate of drug-likeness (QED) is 0.709. The first-order valence-electron chi connectivity index (χ1n) is 10.3. The molecule has 0 radical (unpaired) electrons. The van der Waals surface area contributed by atoms with E-state index < -0.39 is 10.0 Å². The molecule has 30 heavy (non-hydrogen) atoms. The highest BCUT2D eigenvalue weighted by Gasteiger charge is 2.32. The zero-order valence-corrected chi connectivity index (χ0v) is 19.3. The van der Waals surface area contributed by atoms with Gasteiger partial charge in [0.1, 0.15) is 4.21 Å². The minimum Gasteiger partial charge on any atom is -0.326 e. The Morgan fingerprint density at radius 1 is 1.07 bits per heavy atom. The van der Waals surface area contributed by atoms with E-state index in [9.17, 15) is 13.2 Å². The second kappa shape index (κ2) is 9.82. The van der Waals surface area contributed by atoms with E-state index in [-0.39, 0.29) is 11.8 Å². The van der Waals surface area contributed by atoms with Crippen molar-refractivity contribution in [2.24, 2.45) is 5.92 Å². The summed E-state index contributed by atoms with van der Waals surface area (Å²) in [7, 11) is -3.43. The molecule has 1 aromatic carbocycles. The average Bonchev–Trinajstić information content (AvgIpc) is 3.31. The lowest BCUT2D eigenvalue weighted by molar-refractivity contribution is -0.120. The fourth-order valence-electron chi connectivity index (χ4n) is 3.91. The summed E-state index contributed by atoms with van der Waals surface area (Å²) in [5.41, 5.74) is 2.02. The molecule has 0 unspecified atom stereocenters. The number of nitrogens with one attached hydrogen (secondary N) is 1. The van der Waals surface area contributed by atoms with E-state index in [4.69, 9.17) is 0 Å². The number of hydrogen-bond donors (Lipinski definition) is 1. The number of carbonyl (C=O) groups excluding carboxylic acids is 1.